The molecule has 0 saturated carbocycles. The molecule has 1 fully saturated rings. The molecule has 8 nitrogen and oxygen atoms in total. The summed E-state index contributed by atoms with van der Waals surface area (Å²) < 4.78 is 19.3. The van der Waals surface area contributed by atoms with E-state index >= 15 is 0 Å². The van der Waals surface area contributed by atoms with Gasteiger partial charge in [0.25, 0.3) is 0 Å². The monoisotopic (exact) mass is 533 g/mol. The number of hydrogen-bond donors (Lipinski definition) is 0. The summed E-state index contributed by atoms with van der Waals surface area (Å²) in [5.41, 5.74) is 2.45. The van der Waals surface area contributed by atoms with Crippen molar-refractivity contribution in [3.8, 4) is 5.75 Å². The molecule has 0 N–H and O–H groups in total. The lowest BCUT2D eigenvalue weighted by atomic mass is 10.2. The lowest BCUT2D eigenvalue weighted by molar-refractivity contribution is -0.776. The highest BCUT2D eigenvalue weighted by molar-refractivity contribution is 6.15. The number of methoxy groups -OCH3 is 3. The zero-order valence-electron chi connectivity index (χ0n) is 23.0. The maximum atomic E-state index is 9.51. The van der Waals surface area contributed by atoms with Crippen LogP contribution in [0.4, 0.5) is 0 Å². The topological polar surface area (TPSA) is 69.5 Å². The van der Waals surface area contributed by atoms with Gasteiger partial charge < -0.3 is 23.8 Å². The third kappa shape index (κ3) is 31.8. The first-order valence-electron chi connectivity index (χ1n) is 11.0. The van der Waals surface area contributed by atoms with Crippen molar-refractivity contribution in [3.05, 3.63) is 70.6 Å². The molecule has 210 valence electrons. The van der Waals surface area contributed by atoms with Crippen LogP contribution in [0.3, 0.4) is 0 Å². The molecule has 0 unspecified atom stereocenters. The first kappa shape index (κ1) is 40.9. The van der Waals surface area contributed by atoms with Gasteiger partial charge in [0.1, 0.15) is 5.75 Å². The minimum absolute atomic E-state index is 0. The van der Waals surface area contributed by atoms with Gasteiger partial charge in [0.05, 0.1) is 31.8 Å². The average Bonchev–Trinajstić information content (AvgIpc) is 2.88. The number of alkyl halides is 1. The second kappa shape index (κ2) is 32.8. The number of benzene rings is 2. The molecule has 0 spiro atoms. The van der Waals surface area contributed by atoms with E-state index < -0.39 is 0 Å². The summed E-state index contributed by atoms with van der Waals surface area (Å²) >= 11 is 4.64. The quantitative estimate of drug-likeness (QED) is 0.380. The fraction of sp³-hybridized carbons (Fsp3) is 0.556. The molecule has 0 radical (unpaired) electrons. The number of morpholine rings is 1. The van der Waals surface area contributed by atoms with Crippen LogP contribution in [0.5, 0.6) is 5.75 Å². The van der Waals surface area contributed by atoms with Gasteiger partial charge >= 0.3 is 0 Å². The van der Waals surface area contributed by atoms with Crippen LogP contribution in [0.1, 0.15) is 18.6 Å². The maximum absolute atomic E-state index is 9.51. The van der Waals surface area contributed by atoms with Crippen molar-refractivity contribution in [3.63, 3.8) is 0 Å². The van der Waals surface area contributed by atoms with Gasteiger partial charge in [-0.05, 0) is 37.2 Å². The first-order valence-corrected chi connectivity index (χ1v) is 11.7. The van der Waals surface area contributed by atoms with Crippen molar-refractivity contribution in [1.82, 2.24) is 4.90 Å². The van der Waals surface area contributed by atoms with E-state index in [4.69, 9.17) is 14.2 Å². The smallest absolute Gasteiger partial charge is 0.239 e. The molecule has 1 saturated heterocycles. The minimum atomic E-state index is 0. The standard InChI is InChI=1S/2C8H10O.C5H11NO.C2H6NO2.C2H6O.CH3Cl.CH4/c1-7-4-3-5-8(6-7)9-2;1-9-7-8-5-3-2-4-6-8;1-6-2-4-7-5-3-6;1-3(4)5-2;1-3-2;1-2;/h3-6H,1-2H3;2-6H,7H2,1H3;2-5H2,1H3;1-2H3;1-2H3;1H3;1H4/q;;;+1;;;. The van der Waals surface area contributed by atoms with Gasteiger partial charge in [0, 0.05) is 40.8 Å². The number of rotatable bonds is 4. The highest BCUT2D eigenvalue weighted by atomic mass is 35.5. The van der Waals surface area contributed by atoms with Crippen molar-refractivity contribution in [2.45, 2.75) is 21.0 Å². The van der Waals surface area contributed by atoms with Crippen molar-refractivity contribution in [2.75, 3.05) is 82.3 Å². The molecule has 9 heteroatoms. The Labute approximate surface area is 224 Å². The molecule has 0 aromatic heterocycles. The van der Waals surface area contributed by atoms with E-state index in [1.807, 2.05) is 61.5 Å². The fourth-order valence-corrected chi connectivity index (χ4v) is 2.14. The number of aryl methyl sites for hydroxylation is 1. The molecule has 0 bridgehead atoms. The van der Waals surface area contributed by atoms with Crippen LogP contribution < -0.4 is 4.74 Å². The zero-order chi connectivity index (χ0) is 27.3. The Morgan fingerprint density at radius 3 is 1.75 bits per heavy atom. The van der Waals surface area contributed by atoms with Crippen LogP contribution in [-0.4, -0.2) is 92.2 Å². The van der Waals surface area contributed by atoms with Crippen LogP contribution in [-0.2, 0) is 25.7 Å². The minimum Gasteiger partial charge on any atom is -0.497 e. The maximum Gasteiger partial charge on any atom is 0.239 e. The molecular weight excluding hydrogens is 484 g/mol. The molecule has 0 aliphatic carbocycles. The third-order valence-corrected chi connectivity index (χ3v) is 3.87. The van der Waals surface area contributed by atoms with Crippen molar-refractivity contribution in [2.24, 2.45) is 0 Å². The van der Waals surface area contributed by atoms with Crippen LogP contribution >= 0.6 is 11.6 Å². The summed E-state index contributed by atoms with van der Waals surface area (Å²) in [5, 5.41) is 0. The summed E-state index contributed by atoms with van der Waals surface area (Å²) in [6, 6.07) is 18.1. The molecule has 3 rings (SSSR count). The summed E-state index contributed by atoms with van der Waals surface area (Å²) in [5.74, 6) is 0.926. The van der Waals surface area contributed by atoms with Crippen LogP contribution in [0, 0.1) is 11.8 Å². The number of hydrogen-bond acceptors (Lipinski definition) is 7. The van der Waals surface area contributed by atoms with E-state index in [0.717, 1.165) is 32.1 Å². The number of ether oxygens (including phenoxy) is 4. The summed E-state index contributed by atoms with van der Waals surface area (Å²) in [6.07, 6.45) is 1.47. The van der Waals surface area contributed by atoms with E-state index in [9.17, 15) is 4.91 Å². The van der Waals surface area contributed by atoms with Crippen LogP contribution in [0.2, 0.25) is 0 Å². The number of likely N-dealkylation sites (N-methyl/N-ethyl adjacent to an activating group) is 1. The van der Waals surface area contributed by atoms with Crippen molar-refractivity contribution in [1.29, 1.82) is 0 Å². The Bertz CT molecular complexity index is 687. The molecule has 36 heavy (non-hydrogen) atoms. The van der Waals surface area contributed by atoms with E-state index in [1.54, 1.807) is 28.4 Å². The molecule has 2 aromatic carbocycles. The van der Waals surface area contributed by atoms with Crippen molar-refractivity contribution >= 4 is 11.6 Å². The molecule has 1 heterocycles. The van der Waals surface area contributed by atoms with Gasteiger partial charge in [-0.15, -0.1) is 11.6 Å². The molecule has 0 amide bonds. The predicted octanol–water partition coefficient (Wildman–Crippen LogP) is 5.50. The van der Waals surface area contributed by atoms with Gasteiger partial charge in [-0.25, -0.2) is 4.84 Å². The first-order chi connectivity index (χ1) is 16.8. The Kier molecular flexibility index (Phi) is 37.2. The molecule has 2 aromatic rings. The van der Waals surface area contributed by atoms with Gasteiger partial charge in [-0.3, -0.25) is 0 Å². The van der Waals surface area contributed by atoms with Gasteiger partial charge in [0.15, 0.2) is 7.11 Å². The summed E-state index contributed by atoms with van der Waals surface area (Å²) in [4.78, 5) is 16.2. The average molecular weight is 534 g/mol. The lowest BCUT2D eigenvalue weighted by Crippen LogP contribution is -2.32. The zero-order valence-corrected chi connectivity index (χ0v) is 23.7. The second-order valence-electron chi connectivity index (χ2n) is 6.89. The molecule has 1 aliphatic heterocycles. The fourth-order valence-electron chi connectivity index (χ4n) is 2.14. The Hall–Kier alpha value is -2.23. The van der Waals surface area contributed by atoms with Gasteiger partial charge in [-0.1, -0.05) is 49.9 Å². The highest BCUT2D eigenvalue weighted by Gasteiger charge is 2.02. The SMILES string of the molecule is C.CCl.CN1CCOCC1.COC.COCc1ccccc1.CO[N+](C)=O.COc1cccc(C)c1. The third-order valence-electron chi connectivity index (χ3n) is 3.87. The van der Waals surface area contributed by atoms with E-state index in [2.05, 4.69) is 33.1 Å². The van der Waals surface area contributed by atoms with Crippen molar-refractivity contribution < 1.29 is 28.7 Å². The lowest BCUT2D eigenvalue weighted by Gasteiger charge is -2.21. The largest absolute Gasteiger partial charge is 0.497 e. The highest BCUT2D eigenvalue weighted by Crippen LogP contribution is 2.10. The second-order valence-corrected chi connectivity index (χ2v) is 6.89. The molecular formula is C27H50ClN2O6+. The van der Waals surface area contributed by atoms with Gasteiger partial charge in [0.2, 0.25) is 12.0 Å². The molecule has 1 aliphatic rings. The Balaban J connectivity index is -0.000000180. The Morgan fingerprint density at radius 2 is 1.44 bits per heavy atom. The number of nitrogens with zero attached hydrogens (tertiary/aromatic N) is 2. The van der Waals surface area contributed by atoms with E-state index in [0.29, 0.717) is 11.5 Å². The predicted molar refractivity (Wildman–Crippen MR) is 151 cm³/mol. The molecule has 0 atom stereocenters. The van der Waals surface area contributed by atoms with Crippen LogP contribution in [0.25, 0.3) is 0 Å². The van der Waals surface area contributed by atoms with Gasteiger partial charge in [-0.2, -0.15) is 0 Å². The Morgan fingerprint density at radius 1 is 0.944 bits per heavy atom. The van der Waals surface area contributed by atoms with Crippen LogP contribution in [0.15, 0.2) is 54.6 Å². The normalized spacial score (nSPS) is 11.2. The van der Waals surface area contributed by atoms with E-state index in [-0.39, 0.29) is 7.43 Å². The summed E-state index contributed by atoms with van der Waals surface area (Å²) in [7, 11) is 11.3. The van der Waals surface area contributed by atoms with E-state index in [1.165, 1.54) is 31.7 Å². The summed E-state index contributed by atoms with van der Waals surface area (Å²) in [6.45, 7) is 6.77. The number of halogens is 1.